The number of nitrogens with zero attached hydrogens (tertiary/aromatic N) is 1. The molecule has 1 fully saturated rings. The van der Waals surface area contributed by atoms with Crippen molar-refractivity contribution in [1.29, 1.82) is 0 Å². The molecular formula is C21H28N3O4+. The second-order valence-corrected chi connectivity index (χ2v) is 6.87. The standard InChI is InChI=1S/C21H27N3O4/c1-27-19-8-7-16(13-20(19)28-2)14-22-21(26)15-23-9-11-24(12-10-23)17-5-3-4-6-18(17)25/h3-8,13,25H,9-12,14-15H2,1-2H3,(H,22,26)/p+1. The topological polar surface area (TPSA) is 75.5 Å². The van der Waals surface area contributed by atoms with E-state index in [1.807, 2.05) is 36.4 Å². The molecule has 3 N–H and O–H groups in total. The van der Waals surface area contributed by atoms with Gasteiger partial charge in [0.1, 0.15) is 5.75 Å². The molecule has 150 valence electrons. The Hall–Kier alpha value is -2.93. The molecule has 1 aliphatic rings. The highest BCUT2D eigenvalue weighted by atomic mass is 16.5. The number of phenols is 1. The Bertz CT molecular complexity index is 804. The van der Waals surface area contributed by atoms with Crippen molar-refractivity contribution in [3.63, 3.8) is 0 Å². The molecule has 1 heterocycles. The van der Waals surface area contributed by atoms with Crippen molar-refractivity contribution < 1.29 is 24.3 Å². The fraction of sp³-hybridized carbons (Fsp3) is 0.381. The highest BCUT2D eigenvalue weighted by molar-refractivity contribution is 5.76. The number of benzene rings is 2. The maximum absolute atomic E-state index is 12.3. The van der Waals surface area contributed by atoms with Gasteiger partial charge in [0.15, 0.2) is 18.0 Å². The Morgan fingerprint density at radius 2 is 1.82 bits per heavy atom. The second kappa shape index (κ2) is 9.32. The Kier molecular flexibility index (Phi) is 6.60. The summed E-state index contributed by atoms with van der Waals surface area (Å²) in [4.78, 5) is 15.7. The van der Waals surface area contributed by atoms with E-state index in [0.29, 0.717) is 30.3 Å². The number of carbonyl (C=O) groups is 1. The fourth-order valence-corrected chi connectivity index (χ4v) is 3.45. The zero-order chi connectivity index (χ0) is 19.9. The van der Waals surface area contributed by atoms with E-state index < -0.39 is 0 Å². The molecule has 0 unspecified atom stereocenters. The number of methoxy groups -OCH3 is 2. The van der Waals surface area contributed by atoms with Gasteiger partial charge in [0, 0.05) is 6.54 Å². The lowest BCUT2D eigenvalue weighted by atomic mass is 10.2. The monoisotopic (exact) mass is 386 g/mol. The first kappa shape index (κ1) is 19.8. The summed E-state index contributed by atoms with van der Waals surface area (Å²) in [6.45, 7) is 4.25. The molecule has 28 heavy (non-hydrogen) atoms. The van der Waals surface area contributed by atoms with E-state index in [0.717, 1.165) is 37.4 Å². The van der Waals surface area contributed by atoms with Gasteiger partial charge in [-0.25, -0.2) is 0 Å². The van der Waals surface area contributed by atoms with Crippen molar-refractivity contribution in [3.8, 4) is 17.2 Å². The summed E-state index contributed by atoms with van der Waals surface area (Å²) in [6.07, 6.45) is 0. The zero-order valence-electron chi connectivity index (χ0n) is 16.4. The lowest BCUT2D eigenvalue weighted by Gasteiger charge is -2.33. The molecular weight excluding hydrogens is 358 g/mol. The van der Waals surface area contributed by atoms with Crippen LogP contribution in [0.4, 0.5) is 5.69 Å². The summed E-state index contributed by atoms with van der Waals surface area (Å²) in [5.74, 6) is 1.66. The number of aromatic hydroxyl groups is 1. The molecule has 1 aliphatic heterocycles. The van der Waals surface area contributed by atoms with Crippen molar-refractivity contribution in [2.45, 2.75) is 6.54 Å². The van der Waals surface area contributed by atoms with Crippen LogP contribution in [0.2, 0.25) is 0 Å². The van der Waals surface area contributed by atoms with Crippen LogP contribution in [0.3, 0.4) is 0 Å². The lowest BCUT2D eigenvalue weighted by molar-refractivity contribution is -0.892. The van der Waals surface area contributed by atoms with Crippen molar-refractivity contribution >= 4 is 11.6 Å². The van der Waals surface area contributed by atoms with E-state index in [4.69, 9.17) is 9.47 Å². The van der Waals surface area contributed by atoms with Gasteiger partial charge >= 0.3 is 0 Å². The van der Waals surface area contributed by atoms with Crippen LogP contribution in [0.15, 0.2) is 42.5 Å². The van der Waals surface area contributed by atoms with Gasteiger partial charge in [-0.05, 0) is 29.8 Å². The lowest BCUT2D eigenvalue weighted by Crippen LogP contribution is -3.15. The largest absolute Gasteiger partial charge is 0.506 e. The van der Waals surface area contributed by atoms with Crippen LogP contribution in [0.1, 0.15) is 5.56 Å². The van der Waals surface area contributed by atoms with Gasteiger partial charge in [0.25, 0.3) is 5.91 Å². The normalized spacial score (nSPS) is 14.6. The summed E-state index contributed by atoms with van der Waals surface area (Å²) < 4.78 is 10.5. The molecule has 0 spiro atoms. The van der Waals surface area contributed by atoms with Crippen molar-refractivity contribution in [3.05, 3.63) is 48.0 Å². The highest BCUT2D eigenvalue weighted by Gasteiger charge is 2.23. The van der Waals surface area contributed by atoms with Gasteiger partial charge < -0.3 is 29.7 Å². The number of rotatable bonds is 7. The highest BCUT2D eigenvalue weighted by Crippen LogP contribution is 2.27. The molecule has 0 aromatic heterocycles. The molecule has 0 aliphatic carbocycles. The van der Waals surface area contributed by atoms with Gasteiger partial charge in [-0.2, -0.15) is 0 Å². The van der Waals surface area contributed by atoms with Crippen molar-refractivity contribution in [1.82, 2.24) is 5.32 Å². The minimum atomic E-state index is 0.0285. The van der Waals surface area contributed by atoms with Crippen molar-refractivity contribution in [2.24, 2.45) is 0 Å². The number of quaternary nitrogens is 1. The Labute approximate surface area is 165 Å². The first-order valence-corrected chi connectivity index (χ1v) is 9.45. The fourth-order valence-electron chi connectivity index (χ4n) is 3.45. The molecule has 0 atom stereocenters. The van der Waals surface area contributed by atoms with Gasteiger partial charge in [-0.15, -0.1) is 0 Å². The number of piperazine rings is 1. The van der Waals surface area contributed by atoms with Crippen LogP contribution in [0.25, 0.3) is 0 Å². The smallest absolute Gasteiger partial charge is 0.275 e. The number of para-hydroxylation sites is 2. The van der Waals surface area contributed by atoms with Crippen LogP contribution in [0.5, 0.6) is 17.2 Å². The van der Waals surface area contributed by atoms with E-state index in [1.54, 1.807) is 20.3 Å². The van der Waals surface area contributed by atoms with E-state index in [9.17, 15) is 9.90 Å². The zero-order valence-corrected chi connectivity index (χ0v) is 16.4. The average molecular weight is 386 g/mol. The molecule has 7 nitrogen and oxygen atoms in total. The third-order valence-corrected chi connectivity index (χ3v) is 5.04. The molecule has 0 radical (unpaired) electrons. The summed E-state index contributed by atoms with van der Waals surface area (Å²) in [5, 5.41) is 13.0. The quantitative estimate of drug-likeness (QED) is 0.644. The van der Waals surface area contributed by atoms with Gasteiger partial charge in [-0.1, -0.05) is 18.2 Å². The minimum Gasteiger partial charge on any atom is -0.506 e. The summed E-state index contributed by atoms with van der Waals surface area (Å²) in [7, 11) is 3.19. The molecule has 2 aromatic rings. The van der Waals surface area contributed by atoms with Crippen LogP contribution in [-0.4, -0.2) is 58.0 Å². The predicted octanol–water partition coefficient (Wildman–Crippen LogP) is 0.431. The molecule has 1 saturated heterocycles. The van der Waals surface area contributed by atoms with Crippen LogP contribution >= 0.6 is 0 Å². The minimum absolute atomic E-state index is 0.0285. The van der Waals surface area contributed by atoms with E-state index in [2.05, 4.69) is 10.2 Å². The number of nitrogens with one attached hydrogen (secondary N) is 2. The number of amides is 1. The Morgan fingerprint density at radius 1 is 1.11 bits per heavy atom. The first-order valence-electron chi connectivity index (χ1n) is 9.45. The van der Waals surface area contributed by atoms with Gasteiger partial charge in [0.05, 0.1) is 46.1 Å². The number of hydrogen-bond acceptors (Lipinski definition) is 5. The number of anilines is 1. The Balaban J connectivity index is 1.45. The first-order chi connectivity index (χ1) is 13.6. The number of hydrogen-bond donors (Lipinski definition) is 3. The number of carbonyl (C=O) groups excluding carboxylic acids is 1. The van der Waals surface area contributed by atoms with Crippen LogP contribution in [-0.2, 0) is 11.3 Å². The summed E-state index contributed by atoms with van der Waals surface area (Å²) in [6, 6.07) is 13.0. The number of ether oxygens (including phenoxy) is 2. The van der Waals surface area contributed by atoms with Crippen LogP contribution in [0, 0.1) is 0 Å². The maximum Gasteiger partial charge on any atom is 0.275 e. The predicted molar refractivity (Wildman–Crippen MR) is 107 cm³/mol. The summed E-state index contributed by atoms with van der Waals surface area (Å²) >= 11 is 0. The molecule has 0 saturated carbocycles. The van der Waals surface area contributed by atoms with E-state index in [-0.39, 0.29) is 5.91 Å². The van der Waals surface area contributed by atoms with E-state index >= 15 is 0 Å². The number of phenolic OH excluding ortho intramolecular Hbond substituents is 1. The van der Waals surface area contributed by atoms with Crippen molar-refractivity contribution in [2.75, 3.05) is 51.8 Å². The molecule has 0 bridgehead atoms. The average Bonchev–Trinajstić information content (AvgIpc) is 2.73. The van der Waals surface area contributed by atoms with Crippen LogP contribution < -0.4 is 24.6 Å². The Morgan fingerprint density at radius 3 is 2.50 bits per heavy atom. The molecule has 3 rings (SSSR count). The SMILES string of the molecule is COc1ccc(CNC(=O)C[NH+]2CCN(c3ccccc3O)CC2)cc1OC. The van der Waals surface area contributed by atoms with Gasteiger partial charge in [0.2, 0.25) is 0 Å². The van der Waals surface area contributed by atoms with E-state index in [1.165, 1.54) is 4.90 Å². The van der Waals surface area contributed by atoms with Gasteiger partial charge in [-0.3, -0.25) is 4.79 Å². The molecule has 1 amide bonds. The molecule has 2 aromatic carbocycles. The third kappa shape index (κ3) is 4.86. The maximum atomic E-state index is 12.3. The third-order valence-electron chi connectivity index (χ3n) is 5.04. The molecule has 7 heteroatoms. The summed E-state index contributed by atoms with van der Waals surface area (Å²) in [5.41, 5.74) is 1.82. The second-order valence-electron chi connectivity index (χ2n) is 6.87.